The topological polar surface area (TPSA) is 65.0 Å². The van der Waals surface area contributed by atoms with Crippen LogP contribution in [0.15, 0.2) is 10.5 Å². The lowest BCUT2D eigenvalue weighted by Gasteiger charge is -2.20. The predicted molar refractivity (Wildman–Crippen MR) is 74.5 cm³/mol. The summed E-state index contributed by atoms with van der Waals surface area (Å²) >= 11 is 3.46. The molecule has 108 valence electrons. The van der Waals surface area contributed by atoms with Crippen LogP contribution in [-0.4, -0.2) is 25.0 Å². The van der Waals surface area contributed by atoms with E-state index < -0.39 is 5.97 Å². The molecule has 3 rings (SSSR count). The van der Waals surface area contributed by atoms with Crippen LogP contribution < -0.4 is 14.2 Å². The van der Waals surface area contributed by atoms with Crippen LogP contribution in [0.4, 0.5) is 0 Å². The first kappa shape index (κ1) is 13.5. The molecule has 0 spiro atoms. The van der Waals surface area contributed by atoms with Crippen LogP contribution in [0.25, 0.3) is 0 Å². The SMILES string of the molecule is COc1c(Br)cc2c(c1C(CC(=O)O)C1CC1)OCO2. The van der Waals surface area contributed by atoms with Gasteiger partial charge in [0.15, 0.2) is 11.5 Å². The van der Waals surface area contributed by atoms with Gasteiger partial charge in [0, 0.05) is 17.5 Å². The largest absolute Gasteiger partial charge is 0.495 e. The highest BCUT2D eigenvalue weighted by atomic mass is 79.9. The van der Waals surface area contributed by atoms with Gasteiger partial charge in [-0.25, -0.2) is 0 Å². The van der Waals surface area contributed by atoms with E-state index >= 15 is 0 Å². The second-order valence-corrected chi connectivity index (χ2v) is 5.94. The smallest absolute Gasteiger partial charge is 0.303 e. The molecule has 6 heteroatoms. The summed E-state index contributed by atoms with van der Waals surface area (Å²) in [4.78, 5) is 11.2. The standard InChI is InChI=1S/C14H15BrO5/c1-18-13-9(15)5-10-14(20-6-19-10)12(13)8(4-11(16)17)7-2-3-7/h5,7-8H,2-4,6H2,1H3,(H,16,17). The molecule has 0 amide bonds. The van der Waals surface area contributed by atoms with Crippen molar-refractivity contribution in [3.8, 4) is 17.2 Å². The van der Waals surface area contributed by atoms with Gasteiger partial charge in [-0.1, -0.05) is 0 Å². The number of halogens is 1. The van der Waals surface area contributed by atoms with E-state index in [1.165, 1.54) is 0 Å². The molecule has 1 fully saturated rings. The van der Waals surface area contributed by atoms with Crippen molar-refractivity contribution in [1.29, 1.82) is 0 Å². The number of hydrogen-bond donors (Lipinski definition) is 1. The maximum absolute atomic E-state index is 11.2. The lowest BCUT2D eigenvalue weighted by Crippen LogP contribution is -2.11. The minimum absolute atomic E-state index is 0.0767. The summed E-state index contributed by atoms with van der Waals surface area (Å²) < 4.78 is 17.2. The molecule has 0 bridgehead atoms. The quantitative estimate of drug-likeness (QED) is 0.890. The molecule has 1 aliphatic carbocycles. The molecule has 1 N–H and O–H groups in total. The highest BCUT2D eigenvalue weighted by Crippen LogP contribution is 2.55. The Morgan fingerprint density at radius 2 is 2.30 bits per heavy atom. The number of methoxy groups -OCH3 is 1. The predicted octanol–water partition coefficient (Wildman–Crippen LogP) is 3.15. The molecule has 0 aromatic heterocycles. The molecule has 20 heavy (non-hydrogen) atoms. The summed E-state index contributed by atoms with van der Waals surface area (Å²) in [6.07, 6.45) is 2.17. The van der Waals surface area contributed by atoms with Crippen molar-refractivity contribution in [2.24, 2.45) is 5.92 Å². The van der Waals surface area contributed by atoms with Crippen molar-refractivity contribution in [1.82, 2.24) is 0 Å². The van der Waals surface area contributed by atoms with E-state index in [1.807, 2.05) is 0 Å². The zero-order valence-electron chi connectivity index (χ0n) is 11.0. The third-order valence-corrected chi connectivity index (χ3v) is 4.35. The Balaban J connectivity index is 2.12. The number of aliphatic carboxylic acids is 1. The Bertz CT molecular complexity index is 549. The summed E-state index contributed by atoms with van der Waals surface area (Å²) in [5.74, 6) is 1.38. The molecule has 5 nitrogen and oxygen atoms in total. The first-order valence-corrected chi connectivity index (χ1v) is 7.29. The average Bonchev–Trinajstić information content (AvgIpc) is 3.13. The van der Waals surface area contributed by atoms with Gasteiger partial charge >= 0.3 is 5.97 Å². The molecular weight excluding hydrogens is 328 g/mol. The first-order valence-electron chi connectivity index (χ1n) is 6.49. The summed E-state index contributed by atoms with van der Waals surface area (Å²) in [7, 11) is 1.58. The Kier molecular flexibility index (Phi) is 3.50. The summed E-state index contributed by atoms with van der Waals surface area (Å²) in [5, 5.41) is 9.18. The second kappa shape index (κ2) is 5.16. The van der Waals surface area contributed by atoms with E-state index in [9.17, 15) is 9.90 Å². The molecular formula is C14H15BrO5. The van der Waals surface area contributed by atoms with Crippen molar-refractivity contribution in [2.75, 3.05) is 13.9 Å². The Hall–Kier alpha value is -1.43. The number of carbonyl (C=O) groups is 1. The molecule has 1 unspecified atom stereocenters. The minimum Gasteiger partial charge on any atom is -0.495 e. The Labute approximate surface area is 125 Å². The number of carboxylic acids is 1. The molecule has 0 saturated heterocycles. The van der Waals surface area contributed by atoms with Crippen LogP contribution >= 0.6 is 15.9 Å². The molecule has 2 aliphatic rings. The van der Waals surface area contributed by atoms with Crippen LogP contribution in [0.3, 0.4) is 0 Å². The zero-order chi connectivity index (χ0) is 14.3. The summed E-state index contributed by atoms with van der Waals surface area (Å²) in [6, 6.07) is 1.80. The third-order valence-electron chi connectivity index (χ3n) is 3.77. The van der Waals surface area contributed by atoms with E-state index in [0.29, 0.717) is 23.2 Å². The van der Waals surface area contributed by atoms with Crippen molar-refractivity contribution in [3.63, 3.8) is 0 Å². The van der Waals surface area contributed by atoms with E-state index in [1.54, 1.807) is 13.2 Å². The van der Waals surface area contributed by atoms with Crippen LogP contribution in [0, 0.1) is 5.92 Å². The van der Waals surface area contributed by atoms with Gasteiger partial charge in [0.2, 0.25) is 6.79 Å². The van der Waals surface area contributed by atoms with Crippen LogP contribution in [0.5, 0.6) is 17.2 Å². The van der Waals surface area contributed by atoms with Gasteiger partial charge in [0.25, 0.3) is 0 Å². The monoisotopic (exact) mass is 342 g/mol. The van der Waals surface area contributed by atoms with Gasteiger partial charge in [-0.05, 0) is 34.7 Å². The highest BCUT2D eigenvalue weighted by Gasteiger charge is 2.39. The van der Waals surface area contributed by atoms with E-state index in [2.05, 4.69) is 15.9 Å². The summed E-state index contributed by atoms with van der Waals surface area (Å²) in [5.41, 5.74) is 0.819. The van der Waals surface area contributed by atoms with E-state index in [-0.39, 0.29) is 19.1 Å². The maximum Gasteiger partial charge on any atom is 0.303 e. The van der Waals surface area contributed by atoms with E-state index in [4.69, 9.17) is 14.2 Å². The third kappa shape index (κ3) is 2.32. The fourth-order valence-electron chi connectivity index (χ4n) is 2.75. The number of hydrogen-bond acceptors (Lipinski definition) is 4. The zero-order valence-corrected chi connectivity index (χ0v) is 12.6. The second-order valence-electron chi connectivity index (χ2n) is 5.08. The van der Waals surface area contributed by atoms with Crippen LogP contribution in [0.2, 0.25) is 0 Å². The fourth-order valence-corrected chi connectivity index (χ4v) is 3.34. The fraction of sp³-hybridized carbons (Fsp3) is 0.500. The maximum atomic E-state index is 11.2. The van der Waals surface area contributed by atoms with E-state index in [0.717, 1.165) is 22.9 Å². The minimum atomic E-state index is -0.809. The normalized spacial score (nSPS) is 17.9. The lowest BCUT2D eigenvalue weighted by molar-refractivity contribution is -0.137. The average molecular weight is 343 g/mol. The van der Waals surface area contributed by atoms with Gasteiger partial charge in [0.1, 0.15) is 5.75 Å². The van der Waals surface area contributed by atoms with Gasteiger partial charge in [-0.3, -0.25) is 4.79 Å². The van der Waals surface area contributed by atoms with Crippen molar-refractivity contribution in [3.05, 3.63) is 16.1 Å². The van der Waals surface area contributed by atoms with Gasteiger partial charge < -0.3 is 19.3 Å². The molecule has 1 atom stereocenters. The van der Waals surface area contributed by atoms with Gasteiger partial charge in [-0.15, -0.1) is 0 Å². The number of rotatable bonds is 5. The molecule has 0 radical (unpaired) electrons. The van der Waals surface area contributed by atoms with Crippen molar-refractivity contribution in [2.45, 2.75) is 25.2 Å². The van der Waals surface area contributed by atoms with Gasteiger partial charge in [-0.2, -0.15) is 0 Å². The molecule has 1 saturated carbocycles. The Morgan fingerprint density at radius 3 is 2.90 bits per heavy atom. The number of benzene rings is 1. The molecule has 1 aliphatic heterocycles. The van der Waals surface area contributed by atoms with Crippen molar-refractivity contribution >= 4 is 21.9 Å². The number of ether oxygens (including phenoxy) is 3. The molecule has 1 heterocycles. The van der Waals surface area contributed by atoms with Gasteiger partial charge in [0.05, 0.1) is 18.0 Å². The molecule has 1 aromatic carbocycles. The van der Waals surface area contributed by atoms with Crippen molar-refractivity contribution < 1.29 is 24.1 Å². The summed E-state index contributed by atoms with van der Waals surface area (Å²) in [6.45, 7) is 0.159. The van der Waals surface area contributed by atoms with Crippen LogP contribution in [-0.2, 0) is 4.79 Å². The first-order chi connectivity index (χ1) is 9.61. The van der Waals surface area contributed by atoms with Crippen LogP contribution in [0.1, 0.15) is 30.7 Å². The highest BCUT2D eigenvalue weighted by molar-refractivity contribution is 9.10. The lowest BCUT2D eigenvalue weighted by atomic mass is 9.89. The number of fused-ring (bicyclic) bond motifs is 1. The Morgan fingerprint density at radius 1 is 1.55 bits per heavy atom. The number of carboxylic acid groups (broad SMARTS) is 1. The molecule has 1 aromatic rings.